The second-order valence-corrected chi connectivity index (χ2v) is 10.8. The predicted molar refractivity (Wildman–Crippen MR) is 136 cm³/mol. The molecule has 0 radical (unpaired) electrons. The zero-order chi connectivity index (χ0) is 23.7. The first-order chi connectivity index (χ1) is 16.4. The Bertz CT molecular complexity index is 1040. The van der Waals surface area contributed by atoms with Gasteiger partial charge in [-0.1, -0.05) is 30.3 Å². The molecule has 5 rings (SSSR count). The molecule has 2 heterocycles. The number of hydrogen-bond acceptors (Lipinski definition) is 4. The summed E-state index contributed by atoms with van der Waals surface area (Å²) < 4.78 is 6.40. The summed E-state index contributed by atoms with van der Waals surface area (Å²) in [5.41, 5.74) is 7.07. The topological polar surface area (TPSA) is 53.6 Å². The van der Waals surface area contributed by atoms with Crippen molar-refractivity contribution in [2.24, 2.45) is 5.41 Å². The fraction of sp³-hybridized carbons (Fsp3) is 0.552. The molecule has 1 unspecified atom stereocenters. The maximum Gasteiger partial charge on any atom is 0.221 e. The lowest BCUT2D eigenvalue weighted by atomic mass is 9.89. The summed E-state index contributed by atoms with van der Waals surface area (Å²) in [4.78, 5) is 14.1. The highest BCUT2D eigenvalue weighted by atomic mass is 16.5. The number of nitrogens with one attached hydrogen (secondary N) is 2. The Balaban J connectivity index is 1.25. The molecule has 2 atom stereocenters. The van der Waals surface area contributed by atoms with E-state index >= 15 is 0 Å². The van der Waals surface area contributed by atoms with Crippen LogP contribution in [0.5, 0.6) is 5.75 Å². The summed E-state index contributed by atoms with van der Waals surface area (Å²) >= 11 is 0. The molecule has 2 aromatic carbocycles. The molecule has 5 heteroatoms. The van der Waals surface area contributed by atoms with Crippen LogP contribution >= 0.6 is 0 Å². The van der Waals surface area contributed by atoms with E-state index in [9.17, 15) is 4.79 Å². The van der Waals surface area contributed by atoms with E-state index in [1.54, 1.807) is 0 Å². The van der Waals surface area contributed by atoms with Crippen LogP contribution in [0.1, 0.15) is 72.3 Å². The predicted octanol–water partition coefficient (Wildman–Crippen LogP) is 4.80. The summed E-state index contributed by atoms with van der Waals surface area (Å²) in [5, 5.41) is 6.63. The third-order valence-electron chi connectivity index (χ3n) is 8.46. The van der Waals surface area contributed by atoms with E-state index in [2.05, 4.69) is 72.8 Å². The van der Waals surface area contributed by atoms with Gasteiger partial charge in [-0.25, -0.2) is 0 Å². The summed E-state index contributed by atoms with van der Waals surface area (Å²) in [5.74, 6) is 1.83. The zero-order valence-electron chi connectivity index (χ0n) is 21.0. The van der Waals surface area contributed by atoms with Crippen LogP contribution in [0.25, 0.3) is 0 Å². The van der Waals surface area contributed by atoms with Crippen molar-refractivity contribution in [3.63, 3.8) is 0 Å². The third-order valence-corrected chi connectivity index (χ3v) is 8.46. The van der Waals surface area contributed by atoms with Crippen molar-refractivity contribution in [1.82, 2.24) is 15.5 Å². The molecule has 1 amide bonds. The van der Waals surface area contributed by atoms with Gasteiger partial charge in [0.25, 0.3) is 0 Å². The Labute approximate surface area is 204 Å². The van der Waals surface area contributed by atoms with Crippen LogP contribution in [0.3, 0.4) is 0 Å². The number of ether oxygens (including phenoxy) is 1. The molecule has 182 valence electrons. The van der Waals surface area contributed by atoms with E-state index in [0.717, 1.165) is 31.1 Å². The summed E-state index contributed by atoms with van der Waals surface area (Å²) in [7, 11) is 2.09. The van der Waals surface area contributed by atoms with Gasteiger partial charge in [-0.2, -0.15) is 0 Å². The minimum atomic E-state index is 0.0918. The zero-order valence-corrected chi connectivity index (χ0v) is 21.0. The molecule has 34 heavy (non-hydrogen) atoms. The monoisotopic (exact) mass is 461 g/mol. The van der Waals surface area contributed by atoms with Crippen molar-refractivity contribution in [2.75, 3.05) is 20.1 Å². The number of nitrogens with zero attached hydrogens (tertiary/aromatic N) is 1. The lowest BCUT2D eigenvalue weighted by Gasteiger charge is -2.32. The van der Waals surface area contributed by atoms with Gasteiger partial charge in [-0.3, -0.25) is 9.69 Å². The minimum Gasteiger partial charge on any atom is -0.489 e. The quantitative estimate of drug-likeness (QED) is 0.622. The lowest BCUT2D eigenvalue weighted by Crippen LogP contribution is -2.48. The fourth-order valence-electron chi connectivity index (χ4n) is 6.04. The molecule has 3 fully saturated rings. The van der Waals surface area contributed by atoms with E-state index in [4.69, 9.17) is 4.74 Å². The van der Waals surface area contributed by atoms with Gasteiger partial charge >= 0.3 is 0 Å². The van der Waals surface area contributed by atoms with Crippen LogP contribution in [0.15, 0.2) is 36.4 Å². The third kappa shape index (κ3) is 4.87. The van der Waals surface area contributed by atoms with Gasteiger partial charge in [-0.05, 0) is 106 Å². The van der Waals surface area contributed by atoms with Gasteiger partial charge in [0.2, 0.25) is 5.91 Å². The number of hydrogen-bond donors (Lipinski definition) is 2. The highest BCUT2D eigenvalue weighted by Crippen LogP contribution is 2.64. The Hall–Kier alpha value is -2.37. The second kappa shape index (κ2) is 9.71. The molecule has 3 aliphatic rings. The maximum atomic E-state index is 11.8. The van der Waals surface area contributed by atoms with Gasteiger partial charge in [0, 0.05) is 18.5 Å². The van der Waals surface area contributed by atoms with Gasteiger partial charge in [0.1, 0.15) is 12.4 Å². The van der Waals surface area contributed by atoms with Crippen LogP contribution in [0.2, 0.25) is 0 Å². The van der Waals surface area contributed by atoms with Crippen LogP contribution in [0, 0.1) is 19.3 Å². The SMILES string of the molecule is Cc1cc(C2CC23CCNCC3)ccc1COc1cccc(C)c1CN(C)[C@H]1CCCC(=O)N1. The van der Waals surface area contributed by atoms with E-state index in [1.807, 2.05) is 0 Å². The van der Waals surface area contributed by atoms with Crippen molar-refractivity contribution in [3.8, 4) is 5.75 Å². The molecular formula is C29H39N3O2. The first-order valence-electron chi connectivity index (χ1n) is 13.0. The number of rotatable bonds is 7. The van der Waals surface area contributed by atoms with E-state index in [1.165, 1.54) is 60.2 Å². The van der Waals surface area contributed by atoms with Gasteiger partial charge in [-0.15, -0.1) is 0 Å². The van der Waals surface area contributed by atoms with E-state index in [-0.39, 0.29) is 12.1 Å². The van der Waals surface area contributed by atoms with Crippen LogP contribution in [-0.4, -0.2) is 37.1 Å². The fourth-order valence-corrected chi connectivity index (χ4v) is 6.04. The molecular weight excluding hydrogens is 422 g/mol. The molecule has 1 saturated carbocycles. The first kappa shape index (κ1) is 23.4. The molecule has 2 saturated heterocycles. The van der Waals surface area contributed by atoms with Crippen LogP contribution in [-0.2, 0) is 17.9 Å². The van der Waals surface area contributed by atoms with Gasteiger partial charge in [0.15, 0.2) is 0 Å². The van der Waals surface area contributed by atoms with Gasteiger partial charge < -0.3 is 15.4 Å². The molecule has 5 nitrogen and oxygen atoms in total. The minimum absolute atomic E-state index is 0.0918. The van der Waals surface area contributed by atoms with Crippen molar-refractivity contribution in [1.29, 1.82) is 0 Å². The Morgan fingerprint density at radius 2 is 1.94 bits per heavy atom. The number of benzene rings is 2. The van der Waals surface area contributed by atoms with Crippen molar-refractivity contribution in [2.45, 2.75) is 77.6 Å². The average molecular weight is 462 g/mol. The van der Waals surface area contributed by atoms with E-state index in [0.29, 0.717) is 18.4 Å². The molecule has 2 N–H and O–H groups in total. The smallest absolute Gasteiger partial charge is 0.221 e. The Morgan fingerprint density at radius 3 is 2.71 bits per heavy atom. The van der Waals surface area contributed by atoms with E-state index < -0.39 is 0 Å². The Morgan fingerprint density at radius 1 is 1.12 bits per heavy atom. The van der Waals surface area contributed by atoms with Crippen molar-refractivity contribution >= 4 is 5.91 Å². The van der Waals surface area contributed by atoms with Gasteiger partial charge in [0.05, 0.1) is 6.17 Å². The lowest BCUT2D eigenvalue weighted by molar-refractivity contribution is -0.125. The highest BCUT2D eigenvalue weighted by molar-refractivity contribution is 5.76. The molecule has 1 aliphatic carbocycles. The first-order valence-corrected chi connectivity index (χ1v) is 13.0. The standard InChI is InChI=1S/C29H39N3O2/c1-20-6-4-7-26(24(20)18-32(3)27-8-5-9-28(33)31-27)34-19-23-11-10-22(16-21(23)2)25-17-29(25)12-14-30-15-13-29/h4,6-7,10-11,16,25,27,30H,5,8-9,12-15,17-19H2,1-3H3,(H,31,33)/t25?,27-/m0/s1. The van der Waals surface area contributed by atoms with Crippen LogP contribution < -0.4 is 15.4 Å². The second-order valence-electron chi connectivity index (χ2n) is 10.8. The highest BCUT2D eigenvalue weighted by Gasteiger charge is 2.54. The average Bonchev–Trinajstić information content (AvgIpc) is 3.52. The maximum absolute atomic E-state index is 11.8. The number of aryl methyl sites for hydroxylation is 2. The number of amides is 1. The molecule has 1 spiro atoms. The summed E-state index contributed by atoms with van der Waals surface area (Å²) in [6.45, 7) is 8.03. The van der Waals surface area contributed by atoms with Crippen LogP contribution in [0.4, 0.5) is 0 Å². The van der Waals surface area contributed by atoms with Crippen molar-refractivity contribution < 1.29 is 9.53 Å². The number of carbonyl (C=O) groups excluding carboxylic acids is 1. The summed E-state index contributed by atoms with van der Waals surface area (Å²) in [6, 6.07) is 13.3. The number of piperidine rings is 2. The normalized spacial score (nSPS) is 23.7. The summed E-state index contributed by atoms with van der Waals surface area (Å²) in [6.07, 6.45) is 6.66. The molecule has 0 aromatic heterocycles. The molecule has 2 aliphatic heterocycles. The number of carbonyl (C=O) groups is 1. The molecule has 2 aromatic rings. The Kier molecular flexibility index (Phi) is 6.67. The van der Waals surface area contributed by atoms with Crippen molar-refractivity contribution in [3.05, 3.63) is 64.2 Å². The molecule has 0 bridgehead atoms. The largest absolute Gasteiger partial charge is 0.489 e.